The molecule has 0 atom stereocenters. The first kappa shape index (κ1) is 16.2. The molecular weight excluding hydrogens is 344 g/mol. The third-order valence-corrected chi connectivity index (χ3v) is 4.93. The van der Waals surface area contributed by atoms with Gasteiger partial charge in [-0.15, -0.1) is 11.3 Å². The predicted molar refractivity (Wildman–Crippen MR) is 106 cm³/mol. The molecule has 5 nitrogen and oxygen atoms in total. The molecule has 0 unspecified atom stereocenters. The van der Waals surface area contributed by atoms with Crippen LogP contribution in [0.4, 0.5) is 11.5 Å². The normalized spacial score (nSPS) is 10.8. The molecule has 128 valence electrons. The van der Waals surface area contributed by atoms with Crippen molar-refractivity contribution < 1.29 is 4.79 Å². The molecule has 26 heavy (non-hydrogen) atoms. The fourth-order valence-electron chi connectivity index (χ4n) is 2.82. The van der Waals surface area contributed by atoms with Crippen molar-refractivity contribution in [2.45, 2.75) is 6.92 Å². The first-order chi connectivity index (χ1) is 12.6. The van der Waals surface area contributed by atoms with Crippen molar-refractivity contribution in [2.75, 3.05) is 5.32 Å². The Morgan fingerprint density at radius 3 is 2.46 bits per heavy atom. The Morgan fingerprint density at radius 1 is 1.04 bits per heavy atom. The van der Waals surface area contributed by atoms with E-state index in [0.29, 0.717) is 11.4 Å². The SMILES string of the molecule is Cc1nc(Nc2ccc(C(N)=O)cc2)c2c(-c3ccccc3)csc2n1. The number of aromatic nitrogens is 2. The van der Waals surface area contributed by atoms with Crippen LogP contribution < -0.4 is 11.1 Å². The Labute approximate surface area is 154 Å². The molecule has 2 heterocycles. The van der Waals surface area contributed by atoms with Gasteiger partial charge in [0.05, 0.1) is 5.39 Å². The lowest BCUT2D eigenvalue weighted by molar-refractivity contribution is 0.100. The zero-order chi connectivity index (χ0) is 18.1. The van der Waals surface area contributed by atoms with E-state index >= 15 is 0 Å². The first-order valence-corrected chi connectivity index (χ1v) is 8.98. The minimum absolute atomic E-state index is 0.444. The zero-order valence-corrected chi connectivity index (χ0v) is 14.9. The van der Waals surface area contributed by atoms with E-state index in [2.05, 4.69) is 32.8 Å². The molecule has 0 saturated carbocycles. The van der Waals surface area contributed by atoms with E-state index < -0.39 is 5.91 Å². The summed E-state index contributed by atoms with van der Waals surface area (Å²) in [7, 11) is 0. The number of anilines is 2. The van der Waals surface area contributed by atoms with Crippen LogP contribution in [0.25, 0.3) is 21.3 Å². The monoisotopic (exact) mass is 360 g/mol. The number of rotatable bonds is 4. The van der Waals surface area contributed by atoms with E-state index in [4.69, 9.17) is 5.73 Å². The van der Waals surface area contributed by atoms with Gasteiger partial charge in [-0.2, -0.15) is 0 Å². The van der Waals surface area contributed by atoms with Gasteiger partial charge < -0.3 is 11.1 Å². The van der Waals surface area contributed by atoms with Crippen molar-refractivity contribution in [1.82, 2.24) is 9.97 Å². The molecule has 0 aliphatic carbocycles. The second-order valence-corrected chi connectivity index (χ2v) is 6.74. The Morgan fingerprint density at radius 2 is 1.77 bits per heavy atom. The Balaban J connectivity index is 1.81. The largest absolute Gasteiger partial charge is 0.366 e. The van der Waals surface area contributed by atoms with Gasteiger partial charge in [-0.1, -0.05) is 30.3 Å². The molecule has 6 heteroatoms. The van der Waals surface area contributed by atoms with Crippen molar-refractivity contribution in [1.29, 1.82) is 0 Å². The van der Waals surface area contributed by atoms with Crippen LogP contribution in [0.1, 0.15) is 16.2 Å². The highest BCUT2D eigenvalue weighted by molar-refractivity contribution is 7.17. The number of nitrogens with zero attached hydrogens (tertiary/aromatic N) is 2. The number of primary amides is 1. The maximum absolute atomic E-state index is 11.2. The molecule has 0 spiro atoms. The van der Waals surface area contributed by atoms with E-state index in [1.165, 1.54) is 0 Å². The van der Waals surface area contributed by atoms with Crippen LogP contribution >= 0.6 is 11.3 Å². The van der Waals surface area contributed by atoms with E-state index in [0.717, 1.165) is 32.8 Å². The van der Waals surface area contributed by atoms with Crippen LogP contribution in [-0.2, 0) is 0 Å². The molecule has 2 aromatic heterocycles. The van der Waals surface area contributed by atoms with Gasteiger partial charge in [0.25, 0.3) is 0 Å². The summed E-state index contributed by atoms with van der Waals surface area (Å²) < 4.78 is 0. The van der Waals surface area contributed by atoms with Gasteiger partial charge >= 0.3 is 0 Å². The zero-order valence-electron chi connectivity index (χ0n) is 14.1. The summed E-state index contributed by atoms with van der Waals surface area (Å²) >= 11 is 1.60. The molecule has 4 aromatic rings. The summed E-state index contributed by atoms with van der Waals surface area (Å²) in [5.41, 5.74) is 8.83. The number of nitrogens with one attached hydrogen (secondary N) is 1. The Kier molecular flexibility index (Phi) is 4.10. The summed E-state index contributed by atoms with van der Waals surface area (Å²) in [5, 5.41) is 6.45. The number of fused-ring (bicyclic) bond motifs is 1. The molecular formula is C20H16N4OS. The Hall–Kier alpha value is -3.25. The summed E-state index contributed by atoms with van der Waals surface area (Å²) in [6.07, 6.45) is 0. The van der Waals surface area contributed by atoms with Gasteiger partial charge in [0.2, 0.25) is 5.91 Å². The van der Waals surface area contributed by atoms with Crippen molar-refractivity contribution in [3.63, 3.8) is 0 Å². The number of aryl methyl sites for hydroxylation is 1. The number of carbonyl (C=O) groups is 1. The van der Waals surface area contributed by atoms with Crippen LogP contribution in [0, 0.1) is 6.92 Å². The molecule has 0 bridgehead atoms. The summed E-state index contributed by atoms with van der Waals surface area (Å²) in [5.74, 6) is 1.01. The minimum Gasteiger partial charge on any atom is -0.366 e. The number of benzene rings is 2. The highest BCUT2D eigenvalue weighted by atomic mass is 32.1. The topological polar surface area (TPSA) is 80.9 Å². The lowest BCUT2D eigenvalue weighted by Crippen LogP contribution is -2.10. The number of thiophene rings is 1. The van der Waals surface area contributed by atoms with Crippen molar-refractivity contribution in [3.8, 4) is 11.1 Å². The van der Waals surface area contributed by atoms with Crippen LogP contribution in [0.15, 0.2) is 60.0 Å². The summed E-state index contributed by atoms with van der Waals surface area (Å²) in [6.45, 7) is 1.88. The van der Waals surface area contributed by atoms with Gasteiger partial charge in [-0.25, -0.2) is 9.97 Å². The standard InChI is InChI=1S/C20H16N4OS/c1-12-22-19(24-15-9-7-14(8-10-15)18(21)25)17-16(11-26-20(17)23-12)13-5-3-2-4-6-13/h2-11H,1H3,(H2,21,25)(H,22,23,24). The maximum Gasteiger partial charge on any atom is 0.248 e. The second-order valence-electron chi connectivity index (χ2n) is 5.88. The fourth-order valence-corrected chi connectivity index (χ4v) is 3.82. The smallest absolute Gasteiger partial charge is 0.248 e. The van der Waals surface area contributed by atoms with Crippen LogP contribution in [0.2, 0.25) is 0 Å². The summed E-state index contributed by atoms with van der Waals surface area (Å²) in [6, 6.07) is 17.2. The van der Waals surface area contributed by atoms with E-state index in [-0.39, 0.29) is 0 Å². The van der Waals surface area contributed by atoms with Gasteiger partial charge in [-0.05, 0) is 36.8 Å². The lowest BCUT2D eigenvalue weighted by atomic mass is 10.1. The number of hydrogen-bond donors (Lipinski definition) is 2. The summed E-state index contributed by atoms with van der Waals surface area (Å²) in [4.78, 5) is 21.3. The third kappa shape index (κ3) is 3.02. The van der Waals surface area contributed by atoms with E-state index in [1.807, 2.05) is 37.3 Å². The number of nitrogens with two attached hydrogens (primary N) is 1. The molecule has 0 radical (unpaired) electrons. The quantitative estimate of drug-likeness (QED) is 0.561. The molecule has 0 aliphatic heterocycles. The molecule has 0 aliphatic rings. The van der Waals surface area contributed by atoms with Crippen molar-refractivity contribution in [3.05, 3.63) is 71.4 Å². The number of carbonyl (C=O) groups excluding carboxylic acids is 1. The fraction of sp³-hybridized carbons (Fsp3) is 0.0500. The first-order valence-electron chi connectivity index (χ1n) is 8.10. The van der Waals surface area contributed by atoms with Gasteiger partial charge in [0, 0.05) is 22.2 Å². The lowest BCUT2D eigenvalue weighted by Gasteiger charge is -2.10. The van der Waals surface area contributed by atoms with Crippen LogP contribution in [0.5, 0.6) is 0 Å². The van der Waals surface area contributed by atoms with Crippen LogP contribution in [-0.4, -0.2) is 15.9 Å². The maximum atomic E-state index is 11.2. The molecule has 2 aromatic carbocycles. The molecule has 0 fully saturated rings. The molecule has 4 rings (SSSR count). The second kappa shape index (κ2) is 6.57. The van der Waals surface area contributed by atoms with Gasteiger partial charge in [0.15, 0.2) is 0 Å². The average molecular weight is 360 g/mol. The van der Waals surface area contributed by atoms with Gasteiger partial charge in [-0.3, -0.25) is 4.79 Å². The predicted octanol–water partition coefficient (Wildman–Crippen LogP) is 4.51. The highest BCUT2D eigenvalue weighted by Crippen LogP contribution is 2.37. The van der Waals surface area contributed by atoms with Gasteiger partial charge in [0.1, 0.15) is 16.5 Å². The van der Waals surface area contributed by atoms with Crippen LogP contribution in [0.3, 0.4) is 0 Å². The molecule has 0 saturated heterocycles. The Bertz CT molecular complexity index is 1090. The average Bonchev–Trinajstić information content (AvgIpc) is 3.07. The van der Waals surface area contributed by atoms with Crippen molar-refractivity contribution >= 4 is 39.0 Å². The minimum atomic E-state index is -0.444. The number of hydrogen-bond acceptors (Lipinski definition) is 5. The molecule has 3 N–H and O–H groups in total. The molecule has 1 amide bonds. The van der Waals surface area contributed by atoms with E-state index in [9.17, 15) is 4.79 Å². The number of amides is 1. The van der Waals surface area contributed by atoms with E-state index in [1.54, 1.807) is 23.5 Å². The third-order valence-electron chi connectivity index (χ3n) is 4.06. The van der Waals surface area contributed by atoms with Crippen molar-refractivity contribution in [2.24, 2.45) is 5.73 Å². The highest BCUT2D eigenvalue weighted by Gasteiger charge is 2.14.